The molecule has 0 atom stereocenters. The van der Waals surface area contributed by atoms with Crippen LogP contribution in [0.15, 0.2) is 0 Å². The van der Waals surface area contributed by atoms with Gasteiger partial charge in [-0.1, -0.05) is 0 Å². The molecule has 1 rings (SSSR count). The van der Waals surface area contributed by atoms with E-state index in [2.05, 4.69) is 0 Å². The molecular weight excluding hydrogens is 142 g/mol. The average molecular weight is 156 g/mol. The Balaban J connectivity index is 2.44. The number of hydrogen-bond acceptors (Lipinski definition) is 1. The van der Waals surface area contributed by atoms with Crippen LogP contribution >= 0.6 is 0 Å². The topological polar surface area (TPSA) is 47.4 Å². The van der Waals surface area contributed by atoms with Crippen molar-refractivity contribution in [2.75, 3.05) is 33.2 Å². The summed E-state index contributed by atoms with van der Waals surface area (Å²) in [7, 11) is 1.80. The lowest BCUT2D eigenvalue weighted by molar-refractivity contribution is 0.142. The number of nitrogens with zero attached hydrogens (tertiary/aromatic N) is 2. The highest BCUT2D eigenvalue weighted by Crippen LogP contribution is 2.05. The van der Waals surface area contributed by atoms with E-state index in [1.807, 2.05) is 0 Å². The summed E-state index contributed by atoms with van der Waals surface area (Å²) in [5, 5.41) is 0. The first-order valence-corrected chi connectivity index (χ1v) is 3.90. The number of rotatable bonds is 2. The minimum Gasteiger partial charge on any atom is -0.328 e. The van der Waals surface area contributed by atoms with Crippen molar-refractivity contribution >= 4 is 6.03 Å². The predicted molar refractivity (Wildman–Crippen MR) is 42.2 cm³/mol. The first kappa shape index (κ1) is 8.33. The normalized spacial score (nSPS) is 19.3. The largest absolute Gasteiger partial charge is 0.328 e. The fourth-order valence-electron chi connectivity index (χ4n) is 1.27. The SMILES string of the molecule is CN1CCCN(CC[NH])C1=O. The van der Waals surface area contributed by atoms with Crippen LogP contribution in [0.5, 0.6) is 0 Å². The van der Waals surface area contributed by atoms with E-state index in [0.29, 0.717) is 13.1 Å². The second kappa shape index (κ2) is 3.57. The van der Waals surface area contributed by atoms with Crippen molar-refractivity contribution in [1.82, 2.24) is 15.5 Å². The van der Waals surface area contributed by atoms with Crippen molar-refractivity contribution in [3.05, 3.63) is 0 Å². The zero-order valence-electron chi connectivity index (χ0n) is 6.84. The standard InChI is InChI=1S/C7H14N3O/c1-9-4-2-5-10(6-3-8)7(9)11/h8H,2-6H2,1H3. The fourth-order valence-corrected chi connectivity index (χ4v) is 1.27. The van der Waals surface area contributed by atoms with Gasteiger partial charge in [-0.3, -0.25) is 5.73 Å². The molecule has 1 heterocycles. The summed E-state index contributed by atoms with van der Waals surface area (Å²) >= 11 is 0. The Morgan fingerprint density at radius 1 is 1.55 bits per heavy atom. The van der Waals surface area contributed by atoms with Crippen LogP contribution in [0, 0.1) is 0 Å². The van der Waals surface area contributed by atoms with E-state index < -0.39 is 0 Å². The minimum atomic E-state index is 0.0727. The van der Waals surface area contributed by atoms with E-state index in [-0.39, 0.29) is 6.03 Å². The third-order valence-corrected chi connectivity index (χ3v) is 1.90. The van der Waals surface area contributed by atoms with Crippen LogP contribution in [-0.4, -0.2) is 49.1 Å². The summed E-state index contributed by atoms with van der Waals surface area (Å²) in [5.41, 5.74) is 6.98. The third kappa shape index (κ3) is 1.83. The first-order valence-electron chi connectivity index (χ1n) is 3.90. The van der Waals surface area contributed by atoms with Gasteiger partial charge in [0.1, 0.15) is 0 Å². The monoisotopic (exact) mass is 156 g/mol. The molecule has 1 radical (unpaired) electrons. The summed E-state index contributed by atoms with van der Waals surface area (Å²) in [6.45, 7) is 2.55. The maximum Gasteiger partial charge on any atom is 0.319 e. The molecule has 2 amide bonds. The number of nitrogens with one attached hydrogen (secondary N) is 1. The first-order chi connectivity index (χ1) is 5.25. The summed E-state index contributed by atoms with van der Waals surface area (Å²) < 4.78 is 0. The maximum atomic E-state index is 11.3. The lowest BCUT2D eigenvalue weighted by atomic mass is 10.3. The van der Waals surface area contributed by atoms with Crippen LogP contribution in [-0.2, 0) is 0 Å². The van der Waals surface area contributed by atoms with Gasteiger partial charge in [0.2, 0.25) is 0 Å². The van der Waals surface area contributed by atoms with Crippen molar-refractivity contribution < 1.29 is 4.79 Å². The Labute approximate surface area is 66.9 Å². The highest BCUT2D eigenvalue weighted by molar-refractivity contribution is 5.74. The zero-order chi connectivity index (χ0) is 8.27. The molecule has 1 aliphatic heterocycles. The van der Waals surface area contributed by atoms with E-state index in [1.54, 1.807) is 16.8 Å². The van der Waals surface area contributed by atoms with Crippen LogP contribution < -0.4 is 5.73 Å². The summed E-state index contributed by atoms with van der Waals surface area (Å²) in [6.07, 6.45) is 1.03. The third-order valence-electron chi connectivity index (χ3n) is 1.90. The van der Waals surface area contributed by atoms with Crippen molar-refractivity contribution in [3.63, 3.8) is 0 Å². The van der Waals surface area contributed by atoms with Gasteiger partial charge in [-0.25, -0.2) is 4.79 Å². The lowest BCUT2D eigenvalue weighted by Crippen LogP contribution is -2.48. The van der Waals surface area contributed by atoms with Gasteiger partial charge in [-0.05, 0) is 6.42 Å². The molecule has 0 aromatic rings. The van der Waals surface area contributed by atoms with Crippen LogP contribution in [0.25, 0.3) is 0 Å². The van der Waals surface area contributed by atoms with Crippen LogP contribution in [0.3, 0.4) is 0 Å². The quantitative estimate of drug-likeness (QED) is 0.556. The molecule has 4 nitrogen and oxygen atoms in total. The predicted octanol–water partition coefficient (Wildman–Crippen LogP) is 0.0268. The van der Waals surface area contributed by atoms with Gasteiger partial charge in [-0.2, -0.15) is 0 Å². The number of carbonyl (C=O) groups excluding carboxylic acids is 1. The summed E-state index contributed by atoms with van der Waals surface area (Å²) in [6, 6.07) is 0.0727. The van der Waals surface area contributed by atoms with Crippen LogP contribution in [0.1, 0.15) is 6.42 Å². The second-order valence-corrected chi connectivity index (χ2v) is 2.79. The Kier molecular flexibility index (Phi) is 2.70. The van der Waals surface area contributed by atoms with E-state index in [9.17, 15) is 4.79 Å². The lowest BCUT2D eigenvalue weighted by Gasteiger charge is -2.32. The zero-order valence-corrected chi connectivity index (χ0v) is 6.84. The molecule has 0 bridgehead atoms. The van der Waals surface area contributed by atoms with Gasteiger partial charge in [0, 0.05) is 33.2 Å². The Bertz CT molecular complexity index is 147. The second-order valence-electron chi connectivity index (χ2n) is 2.79. The smallest absolute Gasteiger partial charge is 0.319 e. The molecule has 0 aromatic heterocycles. The average Bonchev–Trinajstić information content (AvgIpc) is 1.99. The molecule has 1 N–H and O–H groups in total. The highest BCUT2D eigenvalue weighted by atomic mass is 16.2. The molecule has 0 aromatic carbocycles. The van der Waals surface area contributed by atoms with Gasteiger partial charge >= 0.3 is 6.03 Å². The van der Waals surface area contributed by atoms with Gasteiger partial charge < -0.3 is 9.80 Å². The Hall–Kier alpha value is -0.770. The van der Waals surface area contributed by atoms with Crippen LogP contribution in [0.4, 0.5) is 4.79 Å². The minimum absolute atomic E-state index is 0.0727. The van der Waals surface area contributed by atoms with Crippen LogP contribution in [0.2, 0.25) is 0 Å². The number of carbonyl (C=O) groups is 1. The Morgan fingerprint density at radius 2 is 2.27 bits per heavy atom. The van der Waals surface area contributed by atoms with E-state index in [1.165, 1.54) is 0 Å². The molecule has 63 valence electrons. The van der Waals surface area contributed by atoms with Gasteiger partial charge in [0.15, 0.2) is 0 Å². The van der Waals surface area contributed by atoms with Gasteiger partial charge in [0.05, 0.1) is 0 Å². The molecule has 0 aliphatic carbocycles. The molecule has 1 saturated heterocycles. The van der Waals surface area contributed by atoms with Crippen molar-refractivity contribution in [2.24, 2.45) is 0 Å². The molecule has 0 spiro atoms. The molecule has 1 aliphatic rings. The molecule has 1 fully saturated rings. The van der Waals surface area contributed by atoms with Crippen molar-refractivity contribution in [2.45, 2.75) is 6.42 Å². The summed E-state index contributed by atoms with van der Waals surface area (Å²) in [5.74, 6) is 0. The van der Waals surface area contributed by atoms with E-state index in [0.717, 1.165) is 19.5 Å². The molecular formula is C7H14N3O. The van der Waals surface area contributed by atoms with Crippen molar-refractivity contribution in [3.8, 4) is 0 Å². The number of urea groups is 1. The van der Waals surface area contributed by atoms with Gasteiger partial charge in [-0.15, -0.1) is 0 Å². The molecule has 4 heteroatoms. The Morgan fingerprint density at radius 3 is 2.91 bits per heavy atom. The molecule has 11 heavy (non-hydrogen) atoms. The van der Waals surface area contributed by atoms with Gasteiger partial charge in [0.25, 0.3) is 0 Å². The fraction of sp³-hybridized carbons (Fsp3) is 0.857. The molecule has 0 unspecified atom stereocenters. The van der Waals surface area contributed by atoms with E-state index in [4.69, 9.17) is 5.73 Å². The highest BCUT2D eigenvalue weighted by Gasteiger charge is 2.21. The number of hydrogen-bond donors (Lipinski definition) is 0. The summed E-state index contributed by atoms with van der Waals surface area (Å²) in [4.78, 5) is 14.7. The van der Waals surface area contributed by atoms with Crippen molar-refractivity contribution in [1.29, 1.82) is 0 Å². The maximum absolute atomic E-state index is 11.3. The number of amides is 2. The van der Waals surface area contributed by atoms with E-state index >= 15 is 0 Å². The molecule has 0 saturated carbocycles.